The van der Waals surface area contributed by atoms with E-state index in [0.29, 0.717) is 5.56 Å². The van der Waals surface area contributed by atoms with Crippen LogP contribution < -0.4 is 4.74 Å². The fraction of sp³-hybridized carbons (Fsp3) is 0.333. The Labute approximate surface area is 119 Å². The van der Waals surface area contributed by atoms with Gasteiger partial charge in [0.2, 0.25) is 5.82 Å². The summed E-state index contributed by atoms with van der Waals surface area (Å²) < 4.78 is 56.6. The van der Waals surface area contributed by atoms with Gasteiger partial charge in [0.15, 0.2) is 11.6 Å². The number of ether oxygens (including phenoxy) is 1. The zero-order valence-corrected chi connectivity index (χ0v) is 11.7. The molecule has 6 heteroatoms. The smallest absolute Gasteiger partial charge is 0.387 e. The number of phenols is 1. The van der Waals surface area contributed by atoms with E-state index in [1.54, 1.807) is 20.8 Å². The summed E-state index contributed by atoms with van der Waals surface area (Å²) in [5.74, 6) is -3.80. The molecule has 0 saturated carbocycles. The second kappa shape index (κ2) is 5.09. The highest BCUT2D eigenvalue weighted by Gasteiger charge is 2.26. The Morgan fingerprint density at radius 2 is 1.71 bits per heavy atom. The van der Waals surface area contributed by atoms with Crippen LogP contribution in [-0.4, -0.2) is 11.7 Å². The van der Waals surface area contributed by atoms with Gasteiger partial charge in [-0.25, -0.2) is 4.39 Å². The minimum Gasteiger partial charge on any atom is -0.508 e. The van der Waals surface area contributed by atoms with Gasteiger partial charge in [-0.05, 0) is 34.6 Å². The maximum absolute atomic E-state index is 13.9. The van der Waals surface area contributed by atoms with Gasteiger partial charge in [-0.15, -0.1) is 0 Å². The molecule has 0 bridgehead atoms. The summed E-state index contributed by atoms with van der Waals surface area (Å²) in [5.41, 5.74) is -0.214. The second-order valence-electron chi connectivity index (χ2n) is 5.72. The molecule has 0 amide bonds. The summed E-state index contributed by atoms with van der Waals surface area (Å²) in [6, 6.07) is 3.35. The lowest BCUT2D eigenvalue weighted by atomic mass is 9.83. The summed E-state index contributed by atoms with van der Waals surface area (Å²) in [7, 11) is 0. The number of rotatable bonds is 2. The van der Waals surface area contributed by atoms with Crippen LogP contribution in [0.5, 0.6) is 11.5 Å². The van der Waals surface area contributed by atoms with E-state index in [1.807, 2.05) is 0 Å². The number of benzene rings is 2. The first-order valence-corrected chi connectivity index (χ1v) is 6.21. The third kappa shape index (κ3) is 2.89. The fourth-order valence-corrected chi connectivity index (χ4v) is 2.23. The highest BCUT2D eigenvalue weighted by Crippen LogP contribution is 2.41. The molecule has 0 aliphatic rings. The lowest BCUT2D eigenvalue weighted by molar-refractivity contribution is -0.0514. The van der Waals surface area contributed by atoms with Gasteiger partial charge in [0.25, 0.3) is 0 Å². The van der Waals surface area contributed by atoms with Gasteiger partial charge in [0.05, 0.1) is 0 Å². The summed E-state index contributed by atoms with van der Waals surface area (Å²) in [6.07, 6.45) is 0. The van der Waals surface area contributed by atoms with Gasteiger partial charge in [0, 0.05) is 5.39 Å². The summed E-state index contributed by atoms with van der Waals surface area (Å²) >= 11 is 0. The molecule has 0 aliphatic carbocycles. The Balaban J connectivity index is 2.94. The van der Waals surface area contributed by atoms with Crippen molar-refractivity contribution >= 4 is 10.8 Å². The number of fused-ring (bicyclic) bond motifs is 1. The van der Waals surface area contributed by atoms with Crippen molar-refractivity contribution in [3.63, 3.8) is 0 Å². The Bertz CT molecular complexity index is 690. The van der Waals surface area contributed by atoms with Crippen LogP contribution >= 0.6 is 0 Å². The number of hydrogen-bond acceptors (Lipinski definition) is 2. The zero-order valence-electron chi connectivity index (χ0n) is 11.7. The highest BCUT2D eigenvalue weighted by atomic mass is 19.3. The van der Waals surface area contributed by atoms with E-state index < -0.39 is 29.4 Å². The number of phenolic OH excluding ortho intramolecular Hbond substituents is 1. The largest absolute Gasteiger partial charge is 0.508 e. The van der Waals surface area contributed by atoms with Gasteiger partial charge < -0.3 is 9.84 Å². The van der Waals surface area contributed by atoms with Crippen molar-refractivity contribution in [3.8, 4) is 11.5 Å². The van der Waals surface area contributed by atoms with Crippen molar-refractivity contribution < 1.29 is 27.4 Å². The van der Waals surface area contributed by atoms with E-state index in [2.05, 4.69) is 4.74 Å². The van der Waals surface area contributed by atoms with Crippen molar-refractivity contribution in [2.24, 2.45) is 0 Å². The molecule has 0 saturated heterocycles. The minimum absolute atomic E-state index is 0.0273. The van der Waals surface area contributed by atoms with Crippen LogP contribution in [0, 0.1) is 11.6 Å². The van der Waals surface area contributed by atoms with Crippen LogP contribution in [0.4, 0.5) is 17.6 Å². The number of aromatic hydroxyl groups is 1. The van der Waals surface area contributed by atoms with E-state index in [9.17, 15) is 22.7 Å². The van der Waals surface area contributed by atoms with E-state index in [4.69, 9.17) is 0 Å². The molecule has 0 radical (unpaired) electrons. The molecule has 0 aliphatic heterocycles. The van der Waals surface area contributed by atoms with Crippen LogP contribution in [0.1, 0.15) is 26.3 Å². The first-order chi connectivity index (χ1) is 9.61. The first-order valence-electron chi connectivity index (χ1n) is 6.21. The van der Waals surface area contributed by atoms with Crippen LogP contribution in [0.15, 0.2) is 18.2 Å². The van der Waals surface area contributed by atoms with Crippen LogP contribution in [0.25, 0.3) is 10.8 Å². The molecule has 2 nitrogen and oxygen atoms in total. The van der Waals surface area contributed by atoms with Gasteiger partial charge in [-0.1, -0.05) is 20.8 Å². The van der Waals surface area contributed by atoms with Gasteiger partial charge in [0.1, 0.15) is 5.75 Å². The average molecular weight is 302 g/mol. The monoisotopic (exact) mass is 302 g/mol. The fourth-order valence-electron chi connectivity index (χ4n) is 2.23. The molecule has 0 atom stereocenters. The maximum Gasteiger partial charge on any atom is 0.387 e. The Hall–Kier alpha value is -1.98. The molecule has 2 aromatic rings. The van der Waals surface area contributed by atoms with Crippen LogP contribution in [0.2, 0.25) is 0 Å². The molecular formula is C15H14F4O2. The topological polar surface area (TPSA) is 29.5 Å². The molecular weight excluding hydrogens is 288 g/mol. The normalized spacial score (nSPS) is 12.2. The van der Waals surface area contributed by atoms with E-state index >= 15 is 0 Å². The molecule has 2 aromatic carbocycles. The lowest BCUT2D eigenvalue weighted by Crippen LogP contribution is -2.14. The molecule has 0 spiro atoms. The Morgan fingerprint density at radius 3 is 2.24 bits per heavy atom. The van der Waals surface area contributed by atoms with Crippen molar-refractivity contribution in [1.29, 1.82) is 0 Å². The van der Waals surface area contributed by atoms with Crippen molar-refractivity contribution in [3.05, 3.63) is 35.4 Å². The van der Waals surface area contributed by atoms with E-state index in [0.717, 1.165) is 6.07 Å². The predicted molar refractivity (Wildman–Crippen MR) is 70.9 cm³/mol. The summed E-state index contributed by atoms with van der Waals surface area (Å²) in [6.45, 7) is 1.99. The lowest BCUT2D eigenvalue weighted by Gasteiger charge is -2.23. The SMILES string of the molecule is CC(C)(C)c1cc(O)cc2cc(F)c(F)c(OC(F)F)c12. The number of hydrogen-bond donors (Lipinski definition) is 1. The number of alkyl halides is 2. The predicted octanol–water partition coefficient (Wildman–Crippen LogP) is 4.72. The standard InChI is InChI=1S/C15H14F4O2/c1-15(2,3)9-6-8(20)4-7-5-10(16)12(17)13(11(7)9)21-14(18)19/h4-6,14,20H,1-3H3. The molecule has 1 N–H and O–H groups in total. The van der Waals surface area contributed by atoms with Crippen LogP contribution in [-0.2, 0) is 5.41 Å². The third-order valence-corrected chi connectivity index (χ3v) is 3.09. The number of halogens is 4. The molecule has 0 unspecified atom stereocenters. The van der Waals surface area contributed by atoms with Gasteiger partial charge in [-0.2, -0.15) is 13.2 Å². The highest BCUT2D eigenvalue weighted by molar-refractivity contribution is 5.93. The molecule has 2 rings (SSSR count). The molecule has 0 heterocycles. The molecule has 0 fully saturated rings. The second-order valence-corrected chi connectivity index (χ2v) is 5.72. The molecule has 21 heavy (non-hydrogen) atoms. The first kappa shape index (κ1) is 15.4. The summed E-state index contributed by atoms with van der Waals surface area (Å²) in [5, 5.41) is 9.82. The summed E-state index contributed by atoms with van der Waals surface area (Å²) in [4.78, 5) is 0. The molecule has 0 aromatic heterocycles. The van der Waals surface area contributed by atoms with Gasteiger partial charge in [-0.3, -0.25) is 0 Å². The Kier molecular flexibility index (Phi) is 3.74. The van der Waals surface area contributed by atoms with E-state index in [1.165, 1.54) is 12.1 Å². The Morgan fingerprint density at radius 1 is 1.10 bits per heavy atom. The van der Waals surface area contributed by atoms with Crippen molar-refractivity contribution in [2.75, 3.05) is 0 Å². The zero-order chi connectivity index (χ0) is 15.9. The third-order valence-electron chi connectivity index (χ3n) is 3.09. The average Bonchev–Trinajstić information content (AvgIpc) is 2.32. The quantitative estimate of drug-likeness (QED) is 0.813. The minimum atomic E-state index is -3.29. The van der Waals surface area contributed by atoms with E-state index in [-0.39, 0.29) is 16.5 Å². The van der Waals surface area contributed by atoms with Crippen LogP contribution in [0.3, 0.4) is 0 Å². The maximum atomic E-state index is 13.9. The van der Waals surface area contributed by atoms with Gasteiger partial charge >= 0.3 is 6.61 Å². The molecule has 114 valence electrons. The van der Waals surface area contributed by atoms with Crippen molar-refractivity contribution in [2.45, 2.75) is 32.8 Å². The van der Waals surface area contributed by atoms with Crippen molar-refractivity contribution in [1.82, 2.24) is 0 Å².